The van der Waals surface area contributed by atoms with E-state index >= 15 is 0 Å². The zero-order valence-electron chi connectivity index (χ0n) is 11.2. The van der Waals surface area contributed by atoms with Gasteiger partial charge in [-0.15, -0.1) is 11.3 Å². The summed E-state index contributed by atoms with van der Waals surface area (Å²) in [6.07, 6.45) is 3.17. The molecule has 2 aromatic heterocycles. The molecule has 1 N–H and O–H groups in total. The van der Waals surface area contributed by atoms with Crippen molar-refractivity contribution in [2.24, 2.45) is 0 Å². The lowest BCUT2D eigenvalue weighted by atomic mass is 10.0. The maximum Gasteiger partial charge on any atom is 0.150 e. The Kier molecular flexibility index (Phi) is 3.67. The van der Waals surface area contributed by atoms with Crippen LogP contribution >= 0.6 is 11.3 Å². The molecule has 0 saturated carbocycles. The van der Waals surface area contributed by atoms with Crippen molar-refractivity contribution in [3.63, 3.8) is 0 Å². The SMILES string of the molecule is Cc1ccccc1C(O)Cn1ccnc1-c1cccs1. The number of aliphatic hydroxyl groups is 1. The summed E-state index contributed by atoms with van der Waals surface area (Å²) in [5.41, 5.74) is 2.08. The summed E-state index contributed by atoms with van der Waals surface area (Å²) in [4.78, 5) is 5.51. The highest BCUT2D eigenvalue weighted by molar-refractivity contribution is 7.13. The molecule has 0 radical (unpaired) electrons. The summed E-state index contributed by atoms with van der Waals surface area (Å²) in [6.45, 7) is 2.53. The van der Waals surface area contributed by atoms with Gasteiger partial charge in [-0.05, 0) is 29.5 Å². The van der Waals surface area contributed by atoms with Crippen molar-refractivity contribution >= 4 is 11.3 Å². The van der Waals surface area contributed by atoms with Crippen LogP contribution in [0.3, 0.4) is 0 Å². The zero-order chi connectivity index (χ0) is 13.9. The number of rotatable bonds is 4. The van der Waals surface area contributed by atoms with Crippen LogP contribution in [0.15, 0.2) is 54.2 Å². The quantitative estimate of drug-likeness (QED) is 0.794. The molecule has 0 aliphatic carbocycles. The van der Waals surface area contributed by atoms with Crippen LogP contribution in [0.2, 0.25) is 0 Å². The predicted octanol–water partition coefficient (Wildman–Crippen LogP) is 3.65. The number of benzene rings is 1. The molecular weight excluding hydrogens is 268 g/mol. The van der Waals surface area contributed by atoms with Crippen molar-refractivity contribution in [2.45, 2.75) is 19.6 Å². The number of thiophene rings is 1. The fraction of sp³-hybridized carbons (Fsp3) is 0.188. The summed E-state index contributed by atoms with van der Waals surface area (Å²) in [5.74, 6) is 0.910. The van der Waals surface area contributed by atoms with E-state index in [1.165, 1.54) is 0 Å². The van der Waals surface area contributed by atoms with Crippen molar-refractivity contribution in [2.75, 3.05) is 0 Å². The highest BCUT2D eigenvalue weighted by Gasteiger charge is 2.14. The second-order valence-corrected chi connectivity index (χ2v) is 5.70. The first-order chi connectivity index (χ1) is 9.75. The van der Waals surface area contributed by atoms with E-state index in [1.54, 1.807) is 17.5 Å². The summed E-state index contributed by atoms with van der Waals surface area (Å²) in [5, 5.41) is 12.5. The van der Waals surface area contributed by atoms with Gasteiger partial charge in [0, 0.05) is 12.4 Å². The third-order valence-electron chi connectivity index (χ3n) is 3.37. The standard InChI is InChI=1S/C16H16N2OS/c1-12-5-2-3-6-13(12)14(19)11-18-9-8-17-16(18)15-7-4-10-20-15/h2-10,14,19H,11H2,1H3. The van der Waals surface area contributed by atoms with E-state index in [0.717, 1.165) is 21.8 Å². The van der Waals surface area contributed by atoms with Gasteiger partial charge in [-0.25, -0.2) is 4.98 Å². The van der Waals surface area contributed by atoms with E-state index < -0.39 is 6.10 Å². The van der Waals surface area contributed by atoms with Crippen molar-refractivity contribution in [3.05, 3.63) is 65.3 Å². The number of nitrogens with zero attached hydrogens (tertiary/aromatic N) is 2. The Morgan fingerprint density at radius 3 is 2.85 bits per heavy atom. The van der Waals surface area contributed by atoms with Crippen LogP contribution in [0, 0.1) is 6.92 Å². The number of aliphatic hydroxyl groups excluding tert-OH is 1. The Morgan fingerprint density at radius 2 is 2.10 bits per heavy atom. The van der Waals surface area contributed by atoms with Gasteiger partial charge in [0.2, 0.25) is 0 Å². The minimum absolute atomic E-state index is 0.512. The average Bonchev–Trinajstić information content (AvgIpc) is 3.09. The topological polar surface area (TPSA) is 38.0 Å². The van der Waals surface area contributed by atoms with E-state index in [0.29, 0.717) is 6.54 Å². The molecule has 20 heavy (non-hydrogen) atoms. The van der Waals surface area contributed by atoms with Crippen molar-refractivity contribution in [3.8, 4) is 10.7 Å². The summed E-state index contributed by atoms with van der Waals surface area (Å²) < 4.78 is 2.00. The molecule has 0 fully saturated rings. The number of imidazole rings is 1. The first-order valence-electron chi connectivity index (χ1n) is 6.54. The smallest absolute Gasteiger partial charge is 0.150 e. The van der Waals surface area contributed by atoms with E-state index in [-0.39, 0.29) is 0 Å². The molecule has 4 heteroatoms. The molecular formula is C16H16N2OS. The lowest BCUT2D eigenvalue weighted by Crippen LogP contribution is -2.10. The molecule has 3 rings (SSSR count). The van der Waals surface area contributed by atoms with Crippen molar-refractivity contribution in [1.29, 1.82) is 0 Å². The maximum absolute atomic E-state index is 10.4. The van der Waals surface area contributed by atoms with Crippen LogP contribution in [0.5, 0.6) is 0 Å². The maximum atomic E-state index is 10.4. The van der Waals surface area contributed by atoms with Gasteiger partial charge in [0.1, 0.15) is 5.82 Å². The average molecular weight is 284 g/mol. The molecule has 0 saturated heterocycles. The Bertz CT molecular complexity index is 688. The third-order valence-corrected chi connectivity index (χ3v) is 4.24. The number of hydrogen-bond donors (Lipinski definition) is 1. The Labute approximate surface area is 122 Å². The fourth-order valence-electron chi connectivity index (χ4n) is 2.33. The molecule has 0 amide bonds. The molecule has 1 atom stereocenters. The predicted molar refractivity (Wildman–Crippen MR) is 81.7 cm³/mol. The molecule has 102 valence electrons. The van der Waals surface area contributed by atoms with E-state index in [2.05, 4.69) is 4.98 Å². The molecule has 3 nitrogen and oxygen atoms in total. The molecule has 0 spiro atoms. The molecule has 0 aliphatic rings. The molecule has 3 aromatic rings. The number of aromatic nitrogens is 2. The largest absolute Gasteiger partial charge is 0.387 e. The monoisotopic (exact) mass is 284 g/mol. The van der Waals surface area contributed by atoms with Crippen LogP contribution < -0.4 is 0 Å². The van der Waals surface area contributed by atoms with Gasteiger partial charge in [0.25, 0.3) is 0 Å². The number of hydrogen-bond acceptors (Lipinski definition) is 3. The van der Waals surface area contributed by atoms with Crippen LogP contribution in [-0.4, -0.2) is 14.7 Å². The lowest BCUT2D eigenvalue weighted by molar-refractivity contribution is 0.156. The molecule has 1 unspecified atom stereocenters. The minimum Gasteiger partial charge on any atom is -0.387 e. The molecule has 2 heterocycles. The van der Waals surface area contributed by atoms with Gasteiger partial charge in [0.15, 0.2) is 0 Å². The fourth-order valence-corrected chi connectivity index (χ4v) is 3.07. The normalized spacial score (nSPS) is 12.5. The second kappa shape index (κ2) is 5.61. The molecule has 0 bridgehead atoms. The molecule has 0 aliphatic heterocycles. The summed E-state index contributed by atoms with van der Waals surface area (Å²) >= 11 is 1.66. The van der Waals surface area contributed by atoms with Crippen LogP contribution in [0.4, 0.5) is 0 Å². The zero-order valence-corrected chi connectivity index (χ0v) is 12.0. The number of aryl methyl sites for hydroxylation is 1. The highest BCUT2D eigenvalue weighted by Crippen LogP contribution is 2.25. The summed E-state index contributed by atoms with van der Waals surface area (Å²) in [6, 6.07) is 12.0. The van der Waals surface area contributed by atoms with E-state index in [9.17, 15) is 5.11 Å². The van der Waals surface area contributed by atoms with Gasteiger partial charge in [0.05, 0.1) is 17.5 Å². The van der Waals surface area contributed by atoms with Gasteiger partial charge in [-0.3, -0.25) is 0 Å². The van der Waals surface area contributed by atoms with Crippen LogP contribution in [-0.2, 0) is 6.54 Å². The first kappa shape index (κ1) is 13.1. The first-order valence-corrected chi connectivity index (χ1v) is 7.42. The Hall–Kier alpha value is -1.91. The van der Waals surface area contributed by atoms with E-state index in [4.69, 9.17) is 0 Å². The van der Waals surface area contributed by atoms with Crippen molar-refractivity contribution in [1.82, 2.24) is 9.55 Å². The minimum atomic E-state index is -0.524. The van der Waals surface area contributed by atoms with Gasteiger partial charge < -0.3 is 9.67 Å². The lowest BCUT2D eigenvalue weighted by Gasteiger charge is -2.15. The van der Waals surface area contributed by atoms with Gasteiger partial charge in [-0.1, -0.05) is 30.3 Å². The third kappa shape index (κ3) is 2.53. The van der Waals surface area contributed by atoms with E-state index in [1.807, 2.05) is 59.5 Å². The van der Waals surface area contributed by atoms with Gasteiger partial charge >= 0.3 is 0 Å². The second-order valence-electron chi connectivity index (χ2n) is 4.75. The highest BCUT2D eigenvalue weighted by atomic mass is 32.1. The van der Waals surface area contributed by atoms with Gasteiger partial charge in [-0.2, -0.15) is 0 Å². The van der Waals surface area contributed by atoms with Crippen LogP contribution in [0.1, 0.15) is 17.2 Å². The summed E-state index contributed by atoms with van der Waals surface area (Å²) in [7, 11) is 0. The Balaban J connectivity index is 1.86. The molecule has 1 aromatic carbocycles. The van der Waals surface area contributed by atoms with Crippen molar-refractivity contribution < 1.29 is 5.11 Å². The Morgan fingerprint density at radius 1 is 1.25 bits per heavy atom. The van der Waals surface area contributed by atoms with Crippen LogP contribution in [0.25, 0.3) is 10.7 Å².